The van der Waals surface area contributed by atoms with Crippen LogP contribution >= 0.6 is 24.8 Å². The third kappa shape index (κ3) is 6.69. The number of nitrogens with zero attached hydrogens (tertiary/aromatic N) is 2. The third-order valence-electron chi connectivity index (χ3n) is 2.22. The minimum Gasteiger partial charge on any atom is -0.497 e. The fourth-order valence-corrected chi connectivity index (χ4v) is 1.22. The standard InChI is InChI=1S/C12H19N3O.2ClH/c1-15(2)9-8-14-12(13)10-4-6-11(16-3)7-5-10;;/h4-7H,8-9H2,1-3H3,(H2,13,14);2*1H. The summed E-state index contributed by atoms with van der Waals surface area (Å²) in [6, 6.07) is 7.58. The maximum Gasteiger partial charge on any atom is 0.125 e. The smallest absolute Gasteiger partial charge is 0.125 e. The highest BCUT2D eigenvalue weighted by Crippen LogP contribution is 2.10. The predicted octanol–water partition coefficient (Wildman–Crippen LogP) is 1.81. The number of hydrogen-bond donors (Lipinski definition) is 1. The molecule has 0 aromatic heterocycles. The van der Waals surface area contributed by atoms with E-state index in [4.69, 9.17) is 10.5 Å². The highest BCUT2D eigenvalue weighted by molar-refractivity contribution is 5.97. The van der Waals surface area contributed by atoms with Gasteiger partial charge in [0.05, 0.1) is 13.7 Å². The first-order valence-electron chi connectivity index (χ1n) is 5.22. The van der Waals surface area contributed by atoms with Crippen LogP contribution in [0.2, 0.25) is 0 Å². The number of nitrogens with two attached hydrogens (primary N) is 1. The number of ether oxygens (including phenoxy) is 1. The van der Waals surface area contributed by atoms with Crippen LogP contribution in [0.25, 0.3) is 0 Å². The van der Waals surface area contributed by atoms with Crippen molar-refractivity contribution in [1.82, 2.24) is 4.90 Å². The molecule has 0 saturated carbocycles. The lowest BCUT2D eigenvalue weighted by Gasteiger charge is -2.07. The van der Waals surface area contributed by atoms with E-state index < -0.39 is 0 Å². The largest absolute Gasteiger partial charge is 0.497 e. The number of benzene rings is 1. The van der Waals surface area contributed by atoms with Crippen molar-refractivity contribution in [2.45, 2.75) is 0 Å². The molecule has 1 aromatic rings. The molecule has 0 bridgehead atoms. The van der Waals surface area contributed by atoms with Crippen molar-refractivity contribution in [2.75, 3.05) is 34.3 Å². The van der Waals surface area contributed by atoms with Crippen LogP contribution in [0.15, 0.2) is 29.3 Å². The van der Waals surface area contributed by atoms with Crippen molar-refractivity contribution in [2.24, 2.45) is 10.7 Å². The van der Waals surface area contributed by atoms with Gasteiger partial charge in [-0.25, -0.2) is 0 Å². The molecule has 0 aliphatic carbocycles. The summed E-state index contributed by atoms with van der Waals surface area (Å²) >= 11 is 0. The van der Waals surface area contributed by atoms with Crippen LogP contribution in [0, 0.1) is 0 Å². The molecule has 0 fully saturated rings. The van der Waals surface area contributed by atoms with Crippen LogP contribution in [0.4, 0.5) is 0 Å². The number of halogens is 2. The van der Waals surface area contributed by atoms with E-state index in [1.54, 1.807) is 7.11 Å². The Morgan fingerprint density at radius 1 is 1.22 bits per heavy atom. The van der Waals surface area contributed by atoms with E-state index in [1.165, 1.54) is 0 Å². The fraction of sp³-hybridized carbons (Fsp3) is 0.417. The van der Waals surface area contributed by atoms with Gasteiger partial charge in [-0.2, -0.15) is 0 Å². The van der Waals surface area contributed by atoms with Gasteiger partial charge < -0.3 is 15.4 Å². The average Bonchev–Trinajstić information content (AvgIpc) is 2.28. The topological polar surface area (TPSA) is 50.9 Å². The lowest BCUT2D eigenvalue weighted by atomic mass is 10.2. The molecule has 0 radical (unpaired) electrons. The zero-order valence-corrected chi connectivity index (χ0v) is 12.6. The molecule has 0 atom stereocenters. The van der Waals surface area contributed by atoms with E-state index >= 15 is 0 Å². The van der Waals surface area contributed by atoms with E-state index in [0.29, 0.717) is 12.4 Å². The Hall–Kier alpha value is -0.970. The van der Waals surface area contributed by atoms with Gasteiger partial charge in [0, 0.05) is 12.1 Å². The highest BCUT2D eigenvalue weighted by atomic mass is 35.5. The van der Waals surface area contributed by atoms with Crippen molar-refractivity contribution < 1.29 is 4.74 Å². The van der Waals surface area contributed by atoms with Gasteiger partial charge in [0.25, 0.3) is 0 Å². The molecule has 1 rings (SSSR count). The minimum absolute atomic E-state index is 0. The average molecular weight is 294 g/mol. The first-order chi connectivity index (χ1) is 7.63. The van der Waals surface area contributed by atoms with E-state index in [0.717, 1.165) is 17.9 Å². The summed E-state index contributed by atoms with van der Waals surface area (Å²) in [4.78, 5) is 6.38. The van der Waals surface area contributed by atoms with Crippen LogP contribution in [-0.4, -0.2) is 45.0 Å². The maximum atomic E-state index is 5.86. The van der Waals surface area contributed by atoms with Crippen LogP contribution < -0.4 is 10.5 Å². The lowest BCUT2D eigenvalue weighted by molar-refractivity contribution is 0.415. The van der Waals surface area contributed by atoms with Crippen LogP contribution in [0.1, 0.15) is 5.56 Å². The summed E-state index contributed by atoms with van der Waals surface area (Å²) in [7, 11) is 5.67. The van der Waals surface area contributed by atoms with Crippen molar-refractivity contribution in [3.63, 3.8) is 0 Å². The zero-order chi connectivity index (χ0) is 12.0. The Balaban J connectivity index is 0. The maximum absolute atomic E-state index is 5.86. The molecule has 0 aliphatic rings. The van der Waals surface area contributed by atoms with Gasteiger partial charge in [0.15, 0.2) is 0 Å². The normalized spacial score (nSPS) is 10.6. The number of amidine groups is 1. The molecule has 18 heavy (non-hydrogen) atoms. The van der Waals surface area contributed by atoms with E-state index in [2.05, 4.69) is 9.89 Å². The van der Waals surface area contributed by atoms with Crippen LogP contribution in [0.5, 0.6) is 5.75 Å². The Kier molecular flexibility index (Phi) is 10.8. The van der Waals surface area contributed by atoms with E-state index in [1.807, 2.05) is 38.4 Å². The summed E-state index contributed by atoms with van der Waals surface area (Å²) in [5.41, 5.74) is 6.79. The van der Waals surface area contributed by atoms with Gasteiger partial charge in [-0.1, -0.05) is 0 Å². The molecule has 0 amide bonds. The van der Waals surface area contributed by atoms with Crippen LogP contribution in [-0.2, 0) is 0 Å². The highest BCUT2D eigenvalue weighted by Gasteiger charge is 1.98. The van der Waals surface area contributed by atoms with Gasteiger partial charge in [-0.15, -0.1) is 24.8 Å². The van der Waals surface area contributed by atoms with Gasteiger partial charge in [-0.3, -0.25) is 4.99 Å². The SMILES string of the molecule is COc1ccc(C(N)=NCCN(C)C)cc1.Cl.Cl. The lowest BCUT2D eigenvalue weighted by Crippen LogP contribution is -2.19. The van der Waals surface area contributed by atoms with Gasteiger partial charge >= 0.3 is 0 Å². The summed E-state index contributed by atoms with van der Waals surface area (Å²) in [5, 5.41) is 0. The quantitative estimate of drug-likeness (QED) is 0.665. The number of likely N-dealkylation sites (N-methyl/N-ethyl adjacent to an activating group) is 1. The first kappa shape index (κ1) is 19.4. The Morgan fingerprint density at radius 2 is 1.78 bits per heavy atom. The van der Waals surface area contributed by atoms with Crippen molar-refractivity contribution in [3.05, 3.63) is 29.8 Å². The number of methoxy groups -OCH3 is 1. The molecule has 4 nitrogen and oxygen atoms in total. The summed E-state index contributed by atoms with van der Waals surface area (Å²) in [6.07, 6.45) is 0. The second kappa shape index (κ2) is 10.00. The minimum atomic E-state index is 0. The van der Waals surface area contributed by atoms with E-state index in [9.17, 15) is 0 Å². The second-order valence-corrected chi connectivity index (χ2v) is 3.80. The first-order valence-corrected chi connectivity index (χ1v) is 5.22. The molecule has 1 aromatic carbocycles. The molecule has 0 spiro atoms. The summed E-state index contributed by atoms with van der Waals surface area (Å²) in [5.74, 6) is 1.40. The Morgan fingerprint density at radius 3 is 2.22 bits per heavy atom. The van der Waals surface area contributed by atoms with Crippen LogP contribution in [0.3, 0.4) is 0 Å². The van der Waals surface area contributed by atoms with Gasteiger partial charge in [-0.05, 0) is 38.4 Å². The zero-order valence-electron chi connectivity index (χ0n) is 10.9. The number of aliphatic imine (C=N–C) groups is 1. The fourth-order valence-electron chi connectivity index (χ4n) is 1.22. The molecule has 0 heterocycles. The Bertz CT molecular complexity index is 353. The Labute approximate surface area is 121 Å². The third-order valence-corrected chi connectivity index (χ3v) is 2.22. The molecule has 2 N–H and O–H groups in total. The van der Waals surface area contributed by atoms with E-state index in [-0.39, 0.29) is 24.8 Å². The van der Waals surface area contributed by atoms with Gasteiger partial charge in [0.1, 0.15) is 11.6 Å². The summed E-state index contributed by atoms with van der Waals surface area (Å²) in [6.45, 7) is 1.61. The number of rotatable bonds is 5. The van der Waals surface area contributed by atoms with Crippen molar-refractivity contribution >= 4 is 30.6 Å². The molecule has 6 heteroatoms. The molecular weight excluding hydrogens is 273 g/mol. The molecule has 0 saturated heterocycles. The molecule has 0 aliphatic heterocycles. The molecular formula is C12H21Cl2N3O. The molecule has 104 valence electrons. The van der Waals surface area contributed by atoms with Crippen molar-refractivity contribution in [1.29, 1.82) is 0 Å². The molecule has 0 unspecified atom stereocenters. The van der Waals surface area contributed by atoms with Gasteiger partial charge in [0.2, 0.25) is 0 Å². The summed E-state index contributed by atoms with van der Waals surface area (Å²) < 4.78 is 5.07. The number of hydrogen-bond acceptors (Lipinski definition) is 3. The van der Waals surface area contributed by atoms with Crippen molar-refractivity contribution in [3.8, 4) is 5.75 Å². The monoisotopic (exact) mass is 293 g/mol. The second-order valence-electron chi connectivity index (χ2n) is 3.80. The predicted molar refractivity (Wildman–Crippen MR) is 81.6 cm³/mol.